The van der Waals surface area contributed by atoms with Crippen LogP contribution in [-0.2, 0) is 9.84 Å². The number of rotatable bonds is 4. The van der Waals surface area contributed by atoms with Gasteiger partial charge in [-0.1, -0.05) is 0 Å². The van der Waals surface area contributed by atoms with E-state index in [0.717, 1.165) is 12.1 Å². The first-order valence-corrected chi connectivity index (χ1v) is 8.11. The Morgan fingerprint density at radius 3 is 2.50 bits per heavy atom. The van der Waals surface area contributed by atoms with Crippen molar-refractivity contribution >= 4 is 27.5 Å². The van der Waals surface area contributed by atoms with Gasteiger partial charge in [-0.05, 0) is 24.3 Å². The summed E-state index contributed by atoms with van der Waals surface area (Å²) in [4.78, 5) is 13.0. The maximum atomic E-state index is 12.8. The fourth-order valence-corrected chi connectivity index (χ4v) is 3.63. The van der Waals surface area contributed by atoms with Crippen LogP contribution in [0.2, 0.25) is 0 Å². The Bertz CT molecular complexity index is 585. The van der Waals surface area contributed by atoms with E-state index in [1.165, 1.54) is 17.0 Å². The largest absolute Gasteiger partial charge is 0.337 e. The predicted octanol–water partition coefficient (Wildman–Crippen LogP) is 1.23. The molecular weight excluding hydrogens is 307 g/mol. The summed E-state index contributed by atoms with van der Waals surface area (Å²) in [6.45, 7) is 0.605. The van der Waals surface area contributed by atoms with E-state index >= 15 is 0 Å². The van der Waals surface area contributed by atoms with Crippen LogP contribution in [0, 0.1) is 5.82 Å². The second-order valence-corrected chi connectivity index (χ2v) is 7.05. The highest BCUT2D eigenvalue weighted by Crippen LogP contribution is 2.23. The number of nitrogens with zero attached hydrogens (tertiary/aromatic N) is 1. The van der Waals surface area contributed by atoms with Crippen LogP contribution in [0.1, 0.15) is 0 Å². The molecule has 0 atom stereocenters. The van der Waals surface area contributed by atoms with E-state index in [1.807, 2.05) is 0 Å². The highest BCUT2D eigenvalue weighted by Gasteiger charge is 2.40. The predicted molar refractivity (Wildman–Crippen MR) is 73.1 cm³/mol. The van der Waals surface area contributed by atoms with Gasteiger partial charge in [-0.25, -0.2) is 17.6 Å². The molecule has 1 heterocycles. The molecule has 8 heteroatoms. The first-order chi connectivity index (χ1) is 9.45. The maximum absolute atomic E-state index is 12.8. The number of amides is 2. The molecule has 20 heavy (non-hydrogen) atoms. The van der Waals surface area contributed by atoms with Crippen molar-refractivity contribution in [2.24, 2.45) is 0 Å². The van der Waals surface area contributed by atoms with Crippen LogP contribution in [0.3, 0.4) is 0 Å². The second-order valence-electron chi connectivity index (χ2n) is 4.45. The average Bonchev–Trinajstić information content (AvgIpc) is 2.34. The van der Waals surface area contributed by atoms with E-state index in [-0.39, 0.29) is 24.0 Å². The van der Waals surface area contributed by atoms with Gasteiger partial charge in [0.2, 0.25) is 0 Å². The number of carbonyl (C=O) groups is 1. The first kappa shape index (κ1) is 15.1. The lowest BCUT2D eigenvalue weighted by Crippen LogP contribution is -2.59. The fraction of sp³-hybridized carbons (Fsp3) is 0.417. The summed E-state index contributed by atoms with van der Waals surface area (Å²) in [5.41, 5.74) is 0. The number of urea groups is 1. The number of alkyl halides is 1. The molecule has 1 aromatic rings. The molecule has 0 aromatic heterocycles. The molecule has 110 valence electrons. The zero-order valence-electron chi connectivity index (χ0n) is 10.6. The van der Waals surface area contributed by atoms with Gasteiger partial charge in [0.05, 0.1) is 4.90 Å². The van der Waals surface area contributed by atoms with Crippen LogP contribution >= 0.6 is 11.6 Å². The van der Waals surface area contributed by atoms with Crippen molar-refractivity contribution < 1.29 is 17.6 Å². The molecule has 1 aliphatic rings. The number of carbonyl (C=O) groups excluding carboxylic acids is 1. The van der Waals surface area contributed by atoms with Crippen molar-refractivity contribution in [2.45, 2.75) is 10.1 Å². The molecule has 1 aromatic carbocycles. The summed E-state index contributed by atoms with van der Waals surface area (Å²) in [6.07, 6.45) is 0. The minimum atomic E-state index is -3.52. The summed E-state index contributed by atoms with van der Waals surface area (Å²) < 4.78 is 37.2. The maximum Gasteiger partial charge on any atom is 0.317 e. The smallest absolute Gasteiger partial charge is 0.317 e. The number of sulfone groups is 1. The zero-order chi connectivity index (χ0) is 14.8. The van der Waals surface area contributed by atoms with Gasteiger partial charge in [0, 0.05) is 25.5 Å². The number of hydrogen-bond acceptors (Lipinski definition) is 3. The highest BCUT2D eigenvalue weighted by molar-refractivity contribution is 7.92. The van der Waals surface area contributed by atoms with Crippen LogP contribution in [0.15, 0.2) is 29.2 Å². The lowest BCUT2D eigenvalue weighted by molar-refractivity contribution is 0.170. The molecule has 0 aliphatic carbocycles. The Hall–Kier alpha value is -1.34. The standard InChI is InChI=1S/C12H14ClFN2O3S/c13-5-6-15-12(17)16-7-11(8-16)20(18,19)10-3-1-9(14)2-4-10/h1-4,11H,5-8H2,(H,15,17). The minimum absolute atomic E-state index is 0.0738. The van der Waals surface area contributed by atoms with Gasteiger partial charge in [-0.15, -0.1) is 11.6 Å². The second kappa shape index (κ2) is 5.97. The van der Waals surface area contributed by atoms with Crippen LogP contribution in [-0.4, -0.2) is 50.1 Å². The fourth-order valence-electron chi connectivity index (χ4n) is 1.88. The number of benzene rings is 1. The monoisotopic (exact) mass is 320 g/mol. The topological polar surface area (TPSA) is 66.5 Å². The van der Waals surface area contributed by atoms with Gasteiger partial charge in [0.1, 0.15) is 11.1 Å². The van der Waals surface area contributed by atoms with Gasteiger partial charge in [0.15, 0.2) is 9.84 Å². The summed E-state index contributed by atoms with van der Waals surface area (Å²) >= 11 is 5.45. The quantitative estimate of drug-likeness (QED) is 0.670. The lowest BCUT2D eigenvalue weighted by Gasteiger charge is -2.38. The summed E-state index contributed by atoms with van der Waals surface area (Å²) in [6, 6.07) is 4.37. The van der Waals surface area contributed by atoms with Gasteiger partial charge in [-0.2, -0.15) is 0 Å². The third-order valence-corrected chi connectivity index (χ3v) is 5.38. The third kappa shape index (κ3) is 3.04. The molecule has 0 radical (unpaired) electrons. The summed E-state index contributed by atoms with van der Waals surface area (Å²) in [5.74, 6) is -0.184. The first-order valence-electron chi connectivity index (χ1n) is 6.03. The van der Waals surface area contributed by atoms with Crippen LogP contribution in [0.25, 0.3) is 0 Å². The van der Waals surface area contributed by atoms with Crippen LogP contribution < -0.4 is 5.32 Å². The zero-order valence-corrected chi connectivity index (χ0v) is 12.1. The van der Waals surface area contributed by atoms with Gasteiger partial charge in [-0.3, -0.25) is 0 Å². The Labute approximate surface area is 121 Å². The van der Waals surface area contributed by atoms with E-state index in [9.17, 15) is 17.6 Å². The van der Waals surface area contributed by atoms with E-state index in [4.69, 9.17) is 11.6 Å². The van der Waals surface area contributed by atoms with Gasteiger partial charge < -0.3 is 10.2 Å². The third-order valence-electron chi connectivity index (χ3n) is 3.09. The molecule has 5 nitrogen and oxygen atoms in total. The lowest BCUT2D eigenvalue weighted by atomic mass is 10.2. The molecule has 0 bridgehead atoms. The van der Waals surface area contributed by atoms with Crippen molar-refractivity contribution in [3.8, 4) is 0 Å². The summed E-state index contributed by atoms with van der Waals surface area (Å²) in [7, 11) is -3.52. The molecule has 1 N–H and O–H groups in total. The molecule has 0 spiro atoms. The van der Waals surface area contributed by atoms with Crippen molar-refractivity contribution in [2.75, 3.05) is 25.5 Å². The van der Waals surface area contributed by atoms with Crippen molar-refractivity contribution in [1.29, 1.82) is 0 Å². The minimum Gasteiger partial charge on any atom is -0.337 e. The Morgan fingerprint density at radius 2 is 1.95 bits per heavy atom. The Kier molecular flexibility index (Phi) is 4.49. The molecule has 1 saturated heterocycles. The van der Waals surface area contributed by atoms with Crippen molar-refractivity contribution in [3.63, 3.8) is 0 Å². The number of halogens is 2. The molecule has 2 amide bonds. The highest BCUT2D eigenvalue weighted by atomic mass is 35.5. The SMILES string of the molecule is O=C(NCCCl)N1CC(S(=O)(=O)c2ccc(F)cc2)C1. The Balaban J connectivity index is 1.97. The van der Waals surface area contributed by atoms with E-state index in [2.05, 4.69) is 5.32 Å². The Morgan fingerprint density at radius 1 is 1.35 bits per heavy atom. The molecular formula is C12H14ClFN2O3S. The van der Waals surface area contributed by atoms with Crippen LogP contribution in [0.4, 0.5) is 9.18 Å². The number of hydrogen-bond donors (Lipinski definition) is 1. The van der Waals surface area contributed by atoms with Gasteiger partial charge in [0.25, 0.3) is 0 Å². The molecule has 0 unspecified atom stereocenters. The molecule has 1 aliphatic heterocycles. The van der Waals surface area contributed by atoms with E-state index < -0.39 is 20.9 Å². The van der Waals surface area contributed by atoms with Gasteiger partial charge >= 0.3 is 6.03 Å². The molecule has 0 saturated carbocycles. The normalized spacial score (nSPS) is 15.8. The average molecular weight is 321 g/mol. The summed E-state index contributed by atoms with van der Waals surface area (Å²) in [5, 5.41) is 1.92. The number of nitrogens with one attached hydrogen (secondary N) is 1. The van der Waals surface area contributed by atoms with Crippen molar-refractivity contribution in [3.05, 3.63) is 30.1 Å². The number of likely N-dealkylation sites (tertiary alicyclic amines) is 1. The van der Waals surface area contributed by atoms with Crippen LogP contribution in [0.5, 0.6) is 0 Å². The van der Waals surface area contributed by atoms with Crippen molar-refractivity contribution in [1.82, 2.24) is 10.2 Å². The molecule has 1 fully saturated rings. The van der Waals surface area contributed by atoms with E-state index in [0.29, 0.717) is 12.4 Å². The molecule has 2 rings (SSSR count). The van der Waals surface area contributed by atoms with E-state index in [1.54, 1.807) is 0 Å².